The molecular formula is C22H16ClN3O5. The smallest absolute Gasteiger partial charge is 0.343 e. The number of nitrogens with one attached hydrogen (secondary N) is 1. The monoisotopic (exact) mass is 437 g/mol. The molecule has 8 nitrogen and oxygen atoms in total. The molecule has 2 aromatic rings. The molecule has 2 aliphatic rings. The summed E-state index contributed by atoms with van der Waals surface area (Å²) in [6.45, 7) is 1.71. The maximum absolute atomic E-state index is 12.4. The maximum atomic E-state index is 12.4. The predicted octanol–water partition coefficient (Wildman–Crippen LogP) is 4.02. The molecule has 2 heterocycles. The zero-order chi connectivity index (χ0) is 22.1. The summed E-state index contributed by atoms with van der Waals surface area (Å²) in [5.41, 5.74) is 0.945. The lowest BCUT2D eigenvalue weighted by molar-refractivity contribution is -0.114. The highest BCUT2D eigenvalue weighted by atomic mass is 35.5. The molecule has 0 bridgehead atoms. The Morgan fingerprint density at radius 3 is 2.65 bits per heavy atom. The fourth-order valence-electron chi connectivity index (χ4n) is 2.97. The number of fused-ring (bicyclic) bond motifs is 1. The van der Waals surface area contributed by atoms with Gasteiger partial charge in [-0.05, 0) is 55.0 Å². The van der Waals surface area contributed by atoms with Crippen molar-refractivity contribution >= 4 is 41.2 Å². The molecule has 31 heavy (non-hydrogen) atoms. The molecule has 1 N–H and O–H groups in total. The van der Waals surface area contributed by atoms with E-state index in [-0.39, 0.29) is 28.7 Å². The quantitative estimate of drug-likeness (QED) is 0.440. The standard InChI is InChI=1S/C22H16ClN3O5/c1-12-9-19-25-21(27)16(20(24)26(19)31-12)10-13-3-8-17(18(11-13)29-2)30-22(28)14-4-6-15(23)7-5-14/h3-11,24H,1-2H3/b16-10-,24-20?. The van der Waals surface area contributed by atoms with Crippen LogP contribution in [0.1, 0.15) is 22.8 Å². The van der Waals surface area contributed by atoms with Crippen LogP contribution >= 0.6 is 11.6 Å². The van der Waals surface area contributed by atoms with Gasteiger partial charge in [-0.2, -0.15) is 4.99 Å². The van der Waals surface area contributed by atoms with Gasteiger partial charge in [0, 0.05) is 11.1 Å². The van der Waals surface area contributed by atoms with Crippen LogP contribution in [0.3, 0.4) is 0 Å². The van der Waals surface area contributed by atoms with Gasteiger partial charge in [-0.25, -0.2) is 4.79 Å². The Labute approximate surface area is 182 Å². The minimum atomic E-state index is -0.568. The second-order valence-electron chi connectivity index (χ2n) is 6.63. The van der Waals surface area contributed by atoms with Crippen molar-refractivity contribution in [3.8, 4) is 11.5 Å². The lowest BCUT2D eigenvalue weighted by Gasteiger charge is -2.23. The summed E-state index contributed by atoms with van der Waals surface area (Å²) >= 11 is 5.84. The van der Waals surface area contributed by atoms with Crippen molar-refractivity contribution in [1.29, 1.82) is 5.41 Å². The van der Waals surface area contributed by atoms with E-state index in [4.69, 9.17) is 31.3 Å². The fraction of sp³-hybridized carbons (Fsp3) is 0.0909. The highest BCUT2D eigenvalue weighted by molar-refractivity contribution is 6.32. The fourth-order valence-corrected chi connectivity index (χ4v) is 3.10. The van der Waals surface area contributed by atoms with E-state index in [1.54, 1.807) is 55.5 Å². The van der Waals surface area contributed by atoms with Crippen LogP contribution in [0, 0.1) is 5.41 Å². The van der Waals surface area contributed by atoms with Crippen LogP contribution in [0.25, 0.3) is 6.08 Å². The van der Waals surface area contributed by atoms with E-state index in [0.717, 1.165) is 0 Å². The zero-order valence-corrected chi connectivity index (χ0v) is 17.3. The number of hydroxylamine groups is 2. The highest BCUT2D eigenvalue weighted by Gasteiger charge is 2.34. The molecule has 0 aromatic heterocycles. The Bertz CT molecular complexity index is 1200. The van der Waals surface area contributed by atoms with Crippen LogP contribution in [0.5, 0.6) is 11.5 Å². The first-order chi connectivity index (χ1) is 14.9. The number of aliphatic imine (C=N–C) groups is 1. The highest BCUT2D eigenvalue weighted by Crippen LogP contribution is 2.31. The molecule has 0 aliphatic carbocycles. The maximum Gasteiger partial charge on any atom is 0.343 e. The van der Waals surface area contributed by atoms with E-state index in [9.17, 15) is 9.59 Å². The number of hydrogen-bond acceptors (Lipinski definition) is 6. The topological polar surface area (TPSA) is 101 Å². The van der Waals surface area contributed by atoms with Crippen LogP contribution in [0.4, 0.5) is 0 Å². The predicted molar refractivity (Wildman–Crippen MR) is 114 cm³/mol. The largest absolute Gasteiger partial charge is 0.493 e. The van der Waals surface area contributed by atoms with Gasteiger partial charge in [-0.15, -0.1) is 5.06 Å². The van der Waals surface area contributed by atoms with Gasteiger partial charge in [0.2, 0.25) is 0 Å². The normalized spacial score (nSPS) is 16.5. The van der Waals surface area contributed by atoms with Gasteiger partial charge >= 0.3 is 5.97 Å². The van der Waals surface area contributed by atoms with Crippen molar-refractivity contribution in [2.45, 2.75) is 6.92 Å². The molecule has 0 saturated carbocycles. The number of amides is 1. The molecule has 2 aromatic carbocycles. The Kier molecular flexibility index (Phi) is 5.31. The molecule has 0 unspecified atom stereocenters. The summed E-state index contributed by atoms with van der Waals surface area (Å²) in [5.74, 6) is 0.0468. The number of methoxy groups -OCH3 is 1. The Morgan fingerprint density at radius 2 is 1.94 bits per heavy atom. The molecule has 1 amide bonds. The summed E-state index contributed by atoms with van der Waals surface area (Å²) < 4.78 is 10.8. The van der Waals surface area contributed by atoms with E-state index in [1.165, 1.54) is 18.2 Å². The third-order valence-electron chi connectivity index (χ3n) is 4.46. The lowest BCUT2D eigenvalue weighted by Crippen LogP contribution is -2.38. The Hall–Kier alpha value is -3.91. The minimum Gasteiger partial charge on any atom is -0.493 e. The van der Waals surface area contributed by atoms with Gasteiger partial charge in [0.15, 0.2) is 23.2 Å². The molecule has 0 saturated heterocycles. The van der Waals surface area contributed by atoms with Crippen molar-refractivity contribution in [1.82, 2.24) is 5.06 Å². The van der Waals surface area contributed by atoms with E-state index < -0.39 is 11.9 Å². The van der Waals surface area contributed by atoms with Gasteiger partial charge in [0.05, 0.1) is 18.2 Å². The molecule has 2 aliphatic heterocycles. The van der Waals surface area contributed by atoms with Gasteiger partial charge in [-0.1, -0.05) is 17.7 Å². The summed E-state index contributed by atoms with van der Waals surface area (Å²) in [5, 5.41) is 9.97. The molecule has 0 radical (unpaired) electrons. The molecule has 9 heteroatoms. The molecule has 0 atom stereocenters. The Balaban J connectivity index is 1.58. The summed E-state index contributed by atoms with van der Waals surface area (Å²) in [4.78, 5) is 34.1. The molecule has 0 spiro atoms. The SMILES string of the molecule is COc1cc(/C=C2/C(=N)N3OC(C)=CC3=NC2=O)ccc1OC(=O)c1ccc(Cl)cc1. The second-order valence-corrected chi connectivity index (χ2v) is 7.07. The van der Waals surface area contributed by atoms with E-state index in [0.29, 0.717) is 21.9 Å². The summed E-state index contributed by atoms with van der Waals surface area (Å²) in [6.07, 6.45) is 3.07. The van der Waals surface area contributed by atoms with E-state index in [2.05, 4.69) is 4.99 Å². The molecular weight excluding hydrogens is 422 g/mol. The minimum absolute atomic E-state index is 0.0554. The van der Waals surface area contributed by atoms with Gasteiger partial charge < -0.3 is 14.3 Å². The molecule has 156 valence electrons. The number of amidine groups is 2. The van der Waals surface area contributed by atoms with Gasteiger partial charge in [0.25, 0.3) is 5.91 Å². The number of allylic oxidation sites excluding steroid dienone is 1. The van der Waals surface area contributed by atoms with Crippen LogP contribution in [-0.2, 0) is 9.63 Å². The van der Waals surface area contributed by atoms with Crippen LogP contribution in [0.15, 0.2) is 64.9 Å². The van der Waals surface area contributed by atoms with Crippen LogP contribution in [-0.4, -0.2) is 35.7 Å². The van der Waals surface area contributed by atoms with Crippen molar-refractivity contribution in [2.24, 2.45) is 4.99 Å². The summed E-state index contributed by atoms with van der Waals surface area (Å²) in [7, 11) is 1.43. The third kappa shape index (κ3) is 4.06. The molecule has 4 rings (SSSR count). The first-order valence-electron chi connectivity index (χ1n) is 9.11. The lowest BCUT2D eigenvalue weighted by atomic mass is 10.1. The first kappa shape index (κ1) is 20.4. The van der Waals surface area contributed by atoms with Crippen molar-refractivity contribution < 1.29 is 23.9 Å². The average Bonchev–Trinajstić information content (AvgIpc) is 3.12. The number of halogens is 1. The second kappa shape index (κ2) is 8.08. The number of ether oxygens (including phenoxy) is 2. The number of rotatable bonds is 4. The van der Waals surface area contributed by atoms with Crippen LogP contribution < -0.4 is 9.47 Å². The average molecular weight is 438 g/mol. The van der Waals surface area contributed by atoms with Crippen molar-refractivity contribution in [2.75, 3.05) is 7.11 Å². The zero-order valence-electron chi connectivity index (χ0n) is 16.5. The van der Waals surface area contributed by atoms with Crippen molar-refractivity contribution in [3.63, 3.8) is 0 Å². The van der Waals surface area contributed by atoms with Gasteiger partial charge in [-0.3, -0.25) is 10.2 Å². The Morgan fingerprint density at radius 1 is 1.19 bits per heavy atom. The molecule has 0 fully saturated rings. The third-order valence-corrected chi connectivity index (χ3v) is 4.71. The van der Waals surface area contributed by atoms with E-state index >= 15 is 0 Å². The van der Waals surface area contributed by atoms with Crippen molar-refractivity contribution in [3.05, 3.63) is 76.0 Å². The first-order valence-corrected chi connectivity index (χ1v) is 9.49. The number of hydrogen-bond donors (Lipinski definition) is 1. The number of esters is 1. The number of nitrogens with zero attached hydrogens (tertiary/aromatic N) is 2. The van der Waals surface area contributed by atoms with Crippen LogP contribution in [0.2, 0.25) is 5.02 Å². The number of carbonyl (C=O) groups is 2. The number of benzene rings is 2. The summed E-state index contributed by atoms with van der Waals surface area (Å²) in [6, 6.07) is 11.1. The number of carbonyl (C=O) groups excluding carboxylic acids is 2. The van der Waals surface area contributed by atoms with Gasteiger partial charge in [0.1, 0.15) is 5.76 Å². The van der Waals surface area contributed by atoms with E-state index in [1.807, 2.05) is 0 Å².